The van der Waals surface area contributed by atoms with E-state index in [1.807, 2.05) is 19.1 Å². The lowest BCUT2D eigenvalue weighted by Gasteiger charge is -2.31. The number of halogens is 1. The van der Waals surface area contributed by atoms with Gasteiger partial charge in [0, 0.05) is 6.07 Å². The van der Waals surface area contributed by atoms with E-state index in [0.717, 1.165) is 5.76 Å². The smallest absolute Gasteiger partial charge is 0.176 e. The maximum Gasteiger partial charge on any atom is 0.176 e. The van der Waals surface area contributed by atoms with Gasteiger partial charge < -0.3 is 14.5 Å². The van der Waals surface area contributed by atoms with Crippen LogP contribution in [-0.2, 0) is 0 Å². The molecular weight excluding hydrogens is 221 g/mol. The summed E-state index contributed by atoms with van der Waals surface area (Å²) in [5, 5.41) is 3.21. The molecule has 0 spiro atoms. The van der Waals surface area contributed by atoms with Crippen LogP contribution in [0.15, 0.2) is 41.0 Å². The molecule has 0 aliphatic carbocycles. The van der Waals surface area contributed by atoms with Crippen molar-refractivity contribution in [1.29, 1.82) is 0 Å². The number of anilines is 1. The Morgan fingerprint density at radius 2 is 2.18 bits per heavy atom. The maximum absolute atomic E-state index is 13.1. The van der Waals surface area contributed by atoms with Gasteiger partial charge in [0.05, 0.1) is 18.0 Å². The molecule has 2 unspecified atom stereocenters. The molecule has 0 amide bonds. The van der Waals surface area contributed by atoms with Gasteiger partial charge in [-0.3, -0.25) is 0 Å². The van der Waals surface area contributed by atoms with Gasteiger partial charge in [-0.05, 0) is 31.2 Å². The van der Waals surface area contributed by atoms with Gasteiger partial charge in [-0.1, -0.05) is 0 Å². The zero-order valence-corrected chi connectivity index (χ0v) is 9.31. The fraction of sp³-hybridized carbons (Fsp3) is 0.231. The molecule has 2 aromatic rings. The number of benzene rings is 1. The molecule has 1 aromatic carbocycles. The quantitative estimate of drug-likeness (QED) is 0.820. The Labute approximate surface area is 98.2 Å². The molecule has 3 rings (SSSR count). The zero-order valence-electron chi connectivity index (χ0n) is 9.31. The molecule has 17 heavy (non-hydrogen) atoms. The van der Waals surface area contributed by atoms with Gasteiger partial charge in [0.25, 0.3) is 0 Å². The first-order valence-corrected chi connectivity index (χ1v) is 5.50. The van der Waals surface area contributed by atoms with E-state index in [0.29, 0.717) is 11.4 Å². The van der Waals surface area contributed by atoms with Crippen molar-refractivity contribution in [3.05, 3.63) is 48.2 Å². The van der Waals surface area contributed by atoms with E-state index in [-0.39, 0.29) is 18.0 Å². The fourth-order valence-electron chi connectivity index (χ4n) is 2.04. The minimum atomic E-state index is -0.275. The number of nitrogens with one attached hydrogen (secondary N) is 1. The first-order valence-electron chi connectivity index (χ1n) is 5.50. The predicted molar refractivity (Wildman–Crippen MR) is 61.6 cm³/mol. The van der Waals surface area contributed by atoms with Gasteiger partial charge in [-0.2, -0.15) is 0 Å². The standard InChI is InChI=1S/C13H12FNO2/c1-8-13(12-3-2-6-16-12)17-11-5-4-9(14)7-10(11)15-8/h2-8,13,15H,1H3. The summed E-state index contributed by atoms with van der Waals surface area (Å²) in [6.45, 7) is 1.97. The van der Waals surface area contributed by atoms with Gasteiger partial charge in [-0.15, -0.1) is 0 Å². The summed E-state index contributed by atoms with van der Waals surface area (Å²) in [5.41, 5.74) is 0.681. The van der Waals surface area contributed by atoms with Crippen molar-refractivity contribution in [2.75, 3.05) is 5.32 Å². The third-order valence-electron chi connectivity index (χ3n) is 2.86. The third kappa shape index (κ3) is 1.75. The molecule has 4 heteroatoms. The maximum atomic E-state index is 13.1. The highest BCUT2D eigenvalue weighted by Crippen LogP contribution is 2.37. The molecule has 0 saturated heterocycles. The summed E-state index contributed by atoms with van der Waals surface area (Å²) in [6, 6.07) is 8.16. The van der Waals surface area contributed by atoms with Crippen molar-refractivity contribution in [2.45, 2.75) is 19.1 Å². The largest absolute Gasteiger partial charge is 0.478 e. The van der Waals surface area contributed by atoms with Crippen molar-refractivity contribution in [2.24, 2.45) is 0 Å². The number of rotatable bonds is 1. The summed E-state index contributed by atoms with van der Waals surface area (Å²) >= 11 is 0. The second-order valence-corrected chi connectivity index (χ2v) is 4.13. The molecule has 88 valence electrons. The molecule has 0 bridgehead atoms. The summed E-state index contributed by atoms with van der Waals surface area (Å²) < 4.78 is 24.2. The molecule has 0 fully saturated rings. The Morgan fingerprint density at radius 1 is 1.29 bits per heavy atom. The van der Waals surface area contributed by atoms with Gasteiger partial charge in [0.2, 0.25) is 0 Å². The topological polar surface area (TPSA) is 34.4 Å². The minimum Gasteiger partial charge on any atom is -0.478 e. The molecule has 1 aromatic heterocycles. The summed E-state index contributed by atoms with van der Waals surface area (Å²) in [6.07, 6.45) is 1.42. The second-order valence-electron chi connectivity index (χ2n) is 4.13. The average Bonchev–Trinajstić information content (AvgIpc) is 2.81. The molecule has 1 aliphatic rings. The number of furan rings is 1. The molecule has 2 atom stereocenters. The summed E-state index contributed by atoms with van der Waals surface area (Å²) in [7, 11) is 0. The zero-order chi connectivity index (χ0) is 11.8. The van der Waals surface area contributed by atoms with Crippen LogP contribution in [0.1, 0.15) is 18.8 Å². The lowest BCUT2D eigenvalue weighted by atomic mass is 10.1. The van der Waals surface area contributed by atoms with Crippen LogP contribution in [-0.4, -0.2) is 6.04 Å². The van der Waals surface area contributed by atoms with Crippen molar-refractivity contribution >= 4 is 5.69 Å². The average molecular weight is 233 g/mol. The fourth-order valence-corrected chi connectivity index (χ4v) is 2.04. The van der Waals surface area contributed by atoms with E-state index in [9.17, 15) is 4.39 Å². The third-order valence-corrected chi connectivity index (χ3v) is 2.86. The molecule has 1 aliphatic heterocycles. The normalized spacial score (nSPS) is 22.5. The SMILES string of the molecule is CC1Nc2cc(F)ccc2OC1c1ccco1. The van der Waals surface area contributed by atoms with Gasteiger partial charge in [0.15, 0.2) is 6.10 Å². The van der Waals surface area contributed by atoms with Crippen molar-refractivity contribution in [1.82, 2.24) is 0 Å². The van der Waals surface area contributed by atoms with E-state index >= 15 is 0 Å². The monoisotopic (exact) mass is 233 g/mol. The molecule has 3 nitrogen and oxygen atoms in total. The summed E-state index contributed by atoms with van der Waals surface area (Å²) in [5.74, 6) is 1.13. The molecule has 2 heterocycles. The van der Waals surface area contributed by atoms with Crippen molar-refractivity contribution < 1.29 is 13.5 Å². The number of hydrogen-bond donors (Lipinski definition) is 1. The van der Waals surface area contributed by atoms with Crippen LogP contribution >= 0.6 is 0 Å². The lowest BCUT2D eigenvalue weighted by molar-refractivity contribution is 0.150. The molecule has 1 N–H and O–H groups in total. The summed E-state index contributed by atoms with van der Waals surface area (Å²) in [4.78, 5) is 0. The van der Waals surface area contributed by atoms with Gasteiger partial charge in [0.1, 0.15) is 17.3 Å². The van der Waals surface area contributed by atoms with E-state index in [4.69, 9.17) is 9.15 Å². The first kappa shape index (κ1) is 10.2. The van der Waals surface area contributed by atoms with Crippen LogP contribution in [0, 0.1) is 5.82 Å². The van der Waals surface area contributed by atoms with Gasteiger partial charge in [-0.25, -0.2) is 4.39 Å². The highest BCUT2D eigenvalue weighted by molar-refractivity contribution is 5.59. The van der Waals surface area contributed by atoms with E-state index < -0.39 is 0 Å². The minimum absolute atomic E-state index is 0.0236. The van der Waals surface area contributed by atoms with Gasteiger partial charge >= 0.3 is 0 Å². The van der Waals surface area contributed by atoms with Crippen LogP contribution in [0.5, 0.6) is 5.75 Å². The number of ether oxygens (including phenoxy) is 1. The van der Waals surface area contributed by atoms with E-state index in [2.05, 4.69) is 5.32 Å². The van der Waals surface area contributed by atoms with Crippen LogP contribution in [0.3, 0.4) is 0 Å². The molecule has 0 saturated carbocycles. The highest BCUT2D eigenvalue weighted by atomic mass is 19.1. The predicted octanol–water partition coefficient (Wildman–Crippen LogP) is 3.35. The van der Waals surface area contributed by atoms with Crippen LogP contribution in [0.4, 0.5) is 10.1 Å². The lowest BCUT2D eigenvalue weighted by Crippen LogP contribution is -2.32. The Balaban J connectivity index is 1.95. The Bertz CT molecular complexity index is 524. The van der Waals surface area contributed by atoms with Crippen LogP contribution < -0.4 is 10.1 Å². The van der Waals surface area contributed by atoms with Crippen molar-refractivity contribution in [3.8, 4) is 5.75 Å². The highest BCUT2D eigenvalue weighted by Gasteiger charge is 2.29. The Kier molecular flexibility index (Phi) is 2.28. The number of hydrogen-bond acceptors (Lipinski definition) is 3. The molecular formula is C13H12FNO2. The Hall–Kier alpha value is -1.97. The first-order chi connectivity index (χ1) is 8.24. The second kappa shape index (κ2) is 3.80. The molecule has 0 radical (unpaired) electrons. The van der Waals surface area contributed by atoms with Crippen LogP contribution in [0.25, 0.3) is 0 Å². The Morgan fingerprint density at radius 3 is 2.94 bits per heavy atom. The van der Waals surface area contributed by atoms with Crippen molar-refractivity contribution in [3.63, 3.8) is 0 Å². The number of fused-ring (bicyclic) bond motifs is 1. The van der Waals surface area contributed by atoms with E-state index in [1.54, 1.807) is 12.3 Å². The van der Waals surface area contributed by atoms with E-state index in [1.165, 1.54) is 12.1 Å². The van der Waals surface area contributed by atoms with Crippen LogP contribution in [0.2, 0.25) is 0 Å².